The Morgan fingerprint density at radius 3 is 2.32 bits per heavy atom. The quantitative estimate of drug-likeness (QED) is 0.394. The molecule has 0 radical (unpaired) electrons. The fourth-order valence-electron chi connectivity index (χ4n) is 5.49. The van der Waals surface area contributed by atoms with Gasteiger partial charge in [-0.1, -0.05) is 41.5 Å². The Morgan fingerprint density at radius 2 is 1.78 bits per heavy atom. The standard InChI is InChI=1S/C27H49N5O5/c1-17(2)21(15-32-13-9-10-20(32)25(36)30(7)16-22(33)34)31(8)26(37)23(27(4,5)6)29-24(35)19-14-28-12-11-18(19)3/h17-21,23,28H,9-16H2,1-8H3,(H,29,35)(H,33,34)/t18?,19?,20-,21+,23+/m0/s1. The third kappa shape index (κ3) is 8.14. The Morgan fingerprint density at radius 1 is 1.14 bits per heavy atom. The molecule has 0 spiro atoms. The number of carboxylic acids is 1. The summed E-state index contributed by atoms with van der Waals surface area (Å²) >= 11 is 0. The second kappa shape index (κ2) is 13.0. The highest BCUT2D eigenvalue weighted by Crippen LogP contribution is 2.27. The van der Waals surface area contributed by atoms with Crippen LogP contribution in [-0.4, -0.2) is 108 Å². The summed E-state index contributed by atoms with van der Waals surface area (Å²) in [4.78, 5) is 56.3. The Hall–Kier alpha value is -2.20. The summed E-state index contributed by atoms with van der Waals surface area (Å²) in [7, 11) is 3.30. The highest BCUT2D eigenvalue weighted by Gasteiger charge is 2.41. The van der Waals surface area contributed by atoms with Gasteiger partial charge in [-0.2, -0.15) is 0 Å². The number of aliphatic carboxylic acids is 1. The van der Waals surface area contributed by atoms with Gasteiger partial charge >= 0.3 is 5.97 Å². The number of nitrogens with zero attached hydrogens (tertiary/aromatic N) is 3. The average molecular weight is 524 g/mol. The monoisotopic (exact) mass is 523 g/mol. The van der Waals surface area contributed by atoms with E-state index in [1.54, 1.807) is 11.9 Å². The molecular weight excluding hydrogens is 474 g/mol. The molecule has 2 fully saturated rings. The van der Waals surface area contributed by atoms with Crippen LogP contribution >= 0.6 is 0 Å². The minimum absolute atomic E-state index is 0.0888. The molecule has 0 aromatic heterocycles. The molecule has 0 aromatic rings. The number of rotatable bonds is 10. The van der Waals surface area contributed by atoms with E-state index in [-0.39, 0.29) is 48.1 Å². The van der Waals surface area contributed by atoms with Gasteiger partial charge in [-0.05, 0) is 49.6 Å². The number of carboxylic acid groups (broad SMARTS) is 1. The number of hydrogen-bond acceptors (Lipinski definition) is 6. The molecule has 5 atom stereocenters. The molecule has 0 saturated carbocycles. The molecule has 2 unspecified atom stereocenters. The van der Waals surface area contributed by atoms with Gasteiger partial charge in [0, 0.05) is 33.2 Å². The molecule has 2 aliphatic rings. The summed E-state index contributed by atoms with van der Waals surface area (Å²) in [5, 5.41) is 15.5. The molecule has 2 rings (SSSR count). The van der Waals surface area contributed by atoms with Crippen LogP contribution in [0.25, 0.3) is 0 Å². The van der Waals surface area contributed by atoms with E-state index in [1.807, 2.05) is 20.8 Å². The maximum Gasteiger partial charge on any atom is 0.323 e. The van der Waals surface area contributed by atoms with E-state index in [1.165, 1.54) is 11.9 Å². The van der Waals surface area contributed by atoms with Crippen molar-refractivity contribution in [2.24, 2.45) is 23.2 Å². The minimum atomic E-state index is -1.04. The van der Waals surface area contributed by atoms with Crippen molar-refractivity contribution in [2.75, 3.05) is 46.8 Å². The number of nitrogens with one attached hydrogen (secondary N) is 2. The Labute approximate surface area is 222 Å². The lowest BCUT2D eigenvalue weighted by atomic mass is 9.83. The van der Waals surface area contributed by atoms with Gasteiger partial charge < -0.3 is 25.5 Å². The lowest BCUT2D eigenvalue weighted by Gasteiger charge is -2.41. The van der Waals surface area contributed by atoms with Crippen molar-refractivity contribution in [1.82, 2.24) is 25.3 Å². The highest BCUT2D eigenvalue weighted by atomic mass is 16.4. The minimum Gasteiger partial charge on any atom is -0.480 e. The van der Waals surface area contributed by atoms with E-state index in [4.69, 9.17) is 5.11 Å². The van der Waals surface area contributed by atoms with Gasteiger partial charge in [0.1, 0.15) is 12.6 Å². The number of likely N-dealkylation sites (N-methyl/N-ethyl adjacent to an activating group) is 2. The van der Waals surface area contributed by atoms with Crippen molar-refractivity contribution in [2.45, 2.75) is 78.9 Å². The normalized spacial score (nSPS) is 24.4. The van der Waals surface area contributed by atoms with E-state index in [0.29, 0.717) is 26.1 Å². The Balaban J connectivity index is 2.18. The lowest BCUT2D eigenvalue weighted by molar-refractivity contribution is -0.146. The maximum absolute atomic E-state index is 13.9. The molecule has 212 valence electrons. The second-order valence-electron chi connectivity index (χ2n) is 12.4. The van der Waals surface area contributed by atoms with Crippen LogP contribution in [0.2, 0.25) is 0 Å². The summed E-state index contributed by atoms with van der Waals surface area (Å²) in [6.45, 7) is 14.5. The molecule has 0 aliphatic carbocycles. The van der Waals surface area contributed by atoms with Crippen molar-refractivity contribution in [1.29, 1.82) is 0 Å². The van der Waals surface area contributed by atoms with Gasteiger partial charge in [-0.25, -0.2) is 0 Å². The molecule has 3 N–H and O–H groups in total. The zero-order valence-corrected chi connectivity index (χ0v) is 24.0. The zero-order valence-electron chi connectivity index (χ0n) is 24.0. The summed E-state index contributed by atoms with van der Waals surface area (Å²) < 4.78 is 0. The van der Waals surface area contributed by atoms with Crippen LogP contribution in [0.1, 0.15) is 60.8 Å². The first-order chi connectivity index (χ1) is 17.1. The predicted octanol–water partition coefficient (Wildman–Crippen LogP) is 1.25. The summed E-state index contributed by atoms with van der Waals surface area (Å²) in [5.41, 5.74) is -0.487. The molecule has 37 heavy (non-hydrogen) atoms. The van der Waals surface area contributed by atoms with Gasteiger partial charge in [0.2, 0.25) is 17.7 Å². The molecule has 10 nitrogen and oxygen atoms in total. The molecule has 2 saturated heterocycles. The van der Waals surface area contributed by atoms with Crippen LogP contribution < -0.4 is 10.6 Å². The largest absolute Gasteiger partial charge is 0.480 e. The van der Waals surface area contributed by atoms with Gasteiger partial charge in [0.25, 0.3) is 0 Å². The number of likely N-dealkylation sites (tertiary alicyclic amines) is 1. The van der Waals surface area contributed by atoms with Crippen molar-refractivity contribution in [3.05, 3.63) is 0 Å². The molecule has 0 aromatic carbocycles. The van der Waals surface area contributed by atoms with E-state index >= 15 is 0 Å². The molecular formula is C27H49N5O5. The first-order valence-corrected chi connectivity index (χ1v) is 13.6. The third-order valence-electron chi connectivity index (χ3n) is 8.00. The summed E-state index contributed by atoms with van der Waals surface area (Å²) in [5.74, 6) is -1.28. The zero-order chi connectivity index (χ0) is 28.1. The Bertz CT molecular complexity index is 826. The van der Waals surface area contributed by atoms with Crippen molar-refractivity contribution >= 4 is 23.7 Å². The molecule has 2 heterocycles. The number of carbonyl (C=O) groups is 4. The van der Waals surface area contributed by atoms with Crippen LogP contribution in [0.5, 0.6) is 0 Å². The maximum atomic E-state index is 13.9. The smallest absolute Gasteiger partial charge is 0.323 e. The van der Waals surface area contributed by atoms with E-state index < -0.39 is 23.5 Å². The first-order valence-electron chi connectivity index (χ1n) is 13.6. The van der Waals surface area contributed by atoms with Crippen LogP contribution in [0.3, 0.4) is 0 Å². The topological polar surface area (TPSA) is 122 Å². The highest BCUT2D eigenvalue weighted by molar-refractivity contribution is 5.89. The molecule has 10 heteroatoms. The molecule has 3 amide bonds. The predicted molar refractivity (Wildman–Crippen MR) is 143 cm³/mol. The number of carbonyl (C=O) groups excluding carboxylic acids is 3. The van der Waals surface area contributed by atoms with Crippen LogP contribution in [0.15, 0.2) is 0 Å². The average Bonchev–Trinajstić information content (AvgIpc) is 3.26. The second-order valence-corrected chi connectivity index (χ2v) is 12.4. The fourth-order valence-corrected chi connectivity index (χ4v) is 5.49. The fraction of sp³-hybridized carbons (Fsp3) is 0.852. The van der Waals surface area contributed by atoms with Crippen LogP contribution in [0.4, 0.5) is 0 Å². The van der Waals surface area contributed by atoms with Gasteiger partial charge in [0.05, 0.1) is 12.0 Å². The summed E-state index contributed by atoms with van der Waals surface area (Å²) in [6.07, 6.45) is 2.44. The number of hydrogen-bond donors (Lipinski definition) is 3. The van der Waals surface area contributed by atoms with Gasteiger partial charge in [0.15, 0.2) is 0 Å². The SMILES string of the molecule is CC1CCNCC1C(=O)N[C@H](C(=O)N(C)[C@H](CN1CCC[C@H]1C(=O)N(C)CC(=O)O)C(C)C)C(C)(C)C. The van der Waals surface area contributed by atoms with E-state index in [9.17, 15) is 19.2 Å². The van der Waals surface area contributed by atoms with E-state index in [0.717, 1.165) is 19.4 Å². The summed E-state index contributed by atoms with van der Waals surface area (Å²) in [6, 6.07) is -1.26. The molecule has 2 aliphatic heterocycles. The van der Waals surface area contributed by atoms with Crippen molar-refractivity contribution in [3.63, 3.8) is 0 Å². The van der Waals surface area contributed by atoms with E-state index in [2.05, 4.69) is 36.3 Å². The van der Waals surface area contributed by atoms with Gasteiger partial charge in [-0.15, -0.1) is 0 Å². The lowest BCUT2D eigenvalue weighted by Crippen LogP contribution is -2.60. The Kier molecular flexibility index (Phi) is 10.9. The van der Waals surface area contributed by atoms with Crippen LogP contribution in [0, 0.1) is 23.2 Å². The third-order valence-corrected chi connectivity index (χ3v) is 8.00. The number of amides is 3. The van der Waals surface area contributed by atoms with Crippen molar-refractivity contribution < 1.29 is 24.3 Å². The van der Waals surface area contributed by atoms with Crippen LogP contribution in [-0.2, 0) is 19.2 Å². The van der Waals surface area contributed by atoms with Crippen molar-refractivity contribution in [3.8, 4) is 0 Å². The van der Waals surface area contributed by atoms with Gasteiger partial charge in [-0.3, -0.25) is 24.1 Å². The first kappa shape index (κ1) is 31.0. The number of piperidine rings is 1. The molecule has 0 bridgehead atoms.